The number of hydrogen-bond acceptors (Lipinski definition) is 4. The predicted molar refractivity (Wildman–Crippen MR) is 57.9 cm³/mol. The second-order valence-electron chi connectivity index (χ2n) is 4.85. The van der Waals surface area contributed by atoms with Crippen LogP contribution in [0.2, 0.25) is 0 Å². The third-order valence-electron chi connectivity index (χ3n) is 3.31. The molecular weight excluding hydrogens is 226 g/mol. The Bertz CT molecular complexity index is 320. The van der Waals surface area contributed by atoms with E-state index in [-0.39, 0.29) is 11.7 Å². The minimum atomic E-state index is -1.17. The Labute approximate surface area is 99.3 Å². The minimum Gasteiger partial charge on any atom is -0.465 e. The van der Waals surface area contributed by atoms with Crippen LogP contribution < -0.4 is 5.32 Å². The van der Waals surface area contributed by atoms with Gasteiger partial charge in [0.25, 0.3) is 0 Å². The van der Waals surface area contributed by atoms with Gasteiger partial charge in [-0.05, 0) is 25.7 Å². The van der Waals surface area contributed by atoms with Crippen molar-refractivity contribution in [2.75, 3.05) is 19.8 Å². The average Bonchev–Trinajstić information content (AvgIpc) is 2.80. The first-order valence-corrected chi connectivity index (χ1v) is 5.77. The summed E-state index contributed by atoms with van der Waals surface area (Å²) in [4.78, 5) is 22.8. The Balaban J connectivity index is 1.96. The summed E-state index contributed by atoms with van der Waals surface area (Å²) >= 11 is 0. The third-order valence-corrected chi connectivity index (χ3v) is 3.31. The number of epoxide rings is 1. The predicted octanol–water partition coefficient (Wildman–Crippen LogP) is 0.407. The van der Waals surface area contributed by atoms with Crippen LogP contribution in [-0.2, 0) is 14.3 Å². The lowest BCUT2D eigenvalue weighted by Crippen LogP contribution is -2.46. The zero-order chi connectivity index (χ0) is 12.5. The number of hydrogen-bond donors (Lipinski definition) is 2. The molecule has 2 rings (SSSR count). The molecule has 6 nitrogen and oxygen atoms in total. The molecule has 2 aliphatic rings. The van der Waals surface area contributed by atoms with Crippen molar-refractivity contribution in [2.45, 2.75) is 31.4 Å². The van der Waals surface area contributed by atoms with Crippen molar-refractivity contribution in [2.24, 2.45) is 5.92 Å². The van der Waals surface area contributed by atoms with E-state index in [1.165, 1.54) is 0 Å². The smallest absolute Gasteiger partial charge is 0.405 e. The van der Waals surface area contributed by atoms with Crippen molar-refractivity contribution in [3.8, 4) is 0 Å². The molecule has 0 aromatic carbocycles. The van der Waals surface area contributed by atoms with Crippen LogP contribution in [0.25, 0.3) is 0 Å². The van der Waals surface area contributed by atoms with Gasteiger partial charge in [-0.1, -0.05) is 0 Å². The molecule has 17 heavy (non-hydrogen) atoms. The molecule has 0 spiro atoms. The zero-order valence-corrected chi connectivity index (χ0v) is 9.77. The van der Waals surface area contributed by atoms with Crippen molar-refractivity contribution in [3.05, 3.63) is 0 Å². The van der Waals surface area contributed by atoms with Crippen molar-refractivity contribution in [1.29, 1.82) is 0 Å². The Morgan fingerprint density at radius 1 is 1.59 bits per heavy atom. The highest BCUT2D eigenvalue weighted by Crippen LogP contribution is 2.30. The fraction of sp³-hybridized carbons (Fsp3) is 0.818. The number of nitrogens with one attached hydrogen (secondary N) is 1. The van der Waals surface area contributed by atoms with Gasteiger partial charge >= 0.3 is 6.09 Å². The molecule has 2 fully saturated rings. The Hall–Kier alpha value is -1.14. The molecule has 0 bridgehead atoms. The van der Waals surface area contributed by atoms with Crippen LogP contribution in [-0.4, -0.2) is 48.4 Å². The van der Waals surface area contributed by atoms with E-state index >= 15 is 0 Å². The Morgan fingerprint density at radius 2 is 2.29 bits per heavy atom. The maximum absolute atomic E-state index is 12.1. The molecule has 2 heterocycles. The van der Waals surface area contributed by atoms with Gasteiger partial charge in [0.2, 0.25) is 0 Å². The summed E-state index contributed by atoms with van der Waals surface area (Å²) in [6.07, 6.45) is 0.193. The van der Waals surface area contributed by atoms with E-state index in [4.69, 9.17) is 14.6 Å². The van der Waals surface area contributed by atoms with Crippen molar-refractivity contribution in [1.82, 2.24) is 5.32 Å². The summed E-state index contributed by atoms with van der Waals surface area (Å²) in [6, 6.07) is -0.688. The summed E-state index contributed by atoms with van der Waals surface area (Å²) in [7, 11) is 0. The molecule has 1 amide bonds. The fourth-order valence-corrected chi connectivity index (χ4v) is 2.10. The van der Waals surface area contributed by atoms with E-state index in [0.717, 1.165) is 6.42 Å². The first-order valence-electron chi connectivity index (χ1n) is 5.77. The van der Waals surface area contributed by atoms with E-state index in [1.54, 1.807) is 6.92 Å². The minimum absolute atomic E-state index is 0.174. The van der Waals surface area contributed by atoms with Crippen LogP contribution in [0.1, 0.15) is 19.8 Å². The normalized spacial score (nSPS) is 33.1. The number of carbonyl (C=O) groups excluding carboxylic acids is 1. The quantitative estimate of drug-likeness (QED) is 0.683. The van der Waals surface area contributed by atoms with Crippen LogP contribution >= 0.6 is 0 Å². The standard InChI is InChI=1S/C11H17NO5/c1-11(6-17-11)9(13)8(12-10(14)15)4-7-2-3-16-5-7/h7-8,12H,2-6H2,1H3,(H,14,15). The monoisotopic (exact) mass is 243 g/mol. The van der Waals surface area contributed by atoms with Crippen molar-refractivity contribution in [3.63, 3.8) is 0 Å². The topological polar surface area (TPSA) is 88.2 Å². The van der Waals surface area contributed by atoms with Gasteiger partial charge in [-0.3, -0.25) is 4.79 Å². The lowest BCUT2D eigenvalue weighted by atomic mass is 9.91. The average molecular weight is 243 g/mol. The zero-order valence-electron chi connectivity index (χ0n) is 9.77. The van der Waals surface area contributed by atoms with Crippen LogP contribution in [0, 0.1) is 5.92 Å². The number of rotatable bonds is 5. The molecule has 2 saturated heterocycles. The van der Waals surface area contributed by atoms with Gasteiger partial charge in [-0.25, -0.2) is 4.79 Å². The van der Waals surface area contributed by atoms with Crippen molar-refractivity contribution >= 4 is 11.9 Å². The largest absolute Gasteiger partial charge is 0.465 e. The fourth-order valence-electron chi connectivity index (χ4n) is 2.10. The molecule has 2 N–H and O–H groups in total. The Kier molecular flexibility index (Phi) is 3.35. The summed E-state index contributed by atoms with van der Waals surface area (Å²) in [5, 5.41) is 11.0. The molecule has 0 aromatic rings. The lowest BCUT2D eigenvalue weighted by molar-refractivity contribution is -0.125. The second-order valence-corrected chi connectivity index (χ2v) is 4.85. The SMILES string of the molecule is CC1(C(=O)C(CC2CCOC2)NC(=O)O)CO1. The van der Waals surface area contributed by atoms with Crippen LogP contribution in [0.4, 0.5) is 4.79 Å². The van der Waals surface area contributed by atoms with E-state index in [0.29, 0.717) is 26.2 Å². The summed E-state index contributed by atoms with van der Waals surface area (Å²) in [5.41, 5.74) is -0.785. The lowest BCUT2D eigenvalue weighted by Gasteiger charge is -2.20. The van der Waals surface area contributed by atoms with Gasteiger partial charge in [0, 0.05) is 13.2 Å². The van der Waals surface area contributed by atoms with Gasteiger partial charge in [0.05, 0.1) is 12.6 Å². The summed E-state index contributed by atoms with van der Waals surface area (Å²) in [5.74, 6) is 0.0740. The van der Waals surface area contributed by atoms with Gasteiger partial charge in [-0.15, -0.1) is 0 Å². The number of carbonyl (C=O) groups is 2. The molecule has 0 saturated carbocycles. The maximum atomic E-state index is 12.1. The highest BCUT2D eigenvalue weighted by molar-refractivity contribution is 5.95. The molecule has 0 radical (unpaired) electrons. The van der Waals surface area contributed by atoms with E-state index < -0.39 is 17.7 Å². The van der Waals surface area contributed by atoms with Gasteiger partial charge in [0.1, 0.15) is 5.60 Å². The molecule has 0 aromatic heterocycles. The third kappa shape index (κ3) is 2.95. The first kappa shape index (κ1) is 12.3. The molecule has 2 aliphatic heterocycles. The number of Topliss-reactive ketones (excluding diaryl/α,β-unsaturated/α-hetero) is 1. The number of ether oxygens (including phenoxy) is 2. The van der Waals surface area contributed by atoms with Crippen LogP contribution in [0.15, 0.2) is 0 Å². The van der Waals surface area contributed by atoms with Crippen molar-refractivity contribution < 1.29 is 24.2 Å². The van der Waals surface area contributed by atoms with Crippen LogP contribution in [0.5, 0.6) is 0 Å². The van der Waals surface area contributed by atoms with Gasteiger partial charge in [-0.2, -0.15) is 0 Å². The second kappa shape index (κ2) is 4.62. The molecule has 3 unspecified atom stereocenters. The molecule has 96 valence electrons. The van der Waals surface area contributed by atoms with Gasteiger partial charge < -0.3 is 19.9 Å². The highest BCUT2D eigenvalue weighted by Gasteiger charge is 2.50. The summed E-state index contributed by atoms with van der Waals surface area (Å²) < 4.78 is 10.3. The number of ketones is 1. The van der Waals surface area contributed by atoms with E-state index in [2.05, 4.69) is 5.32 Å². The van der Waals surface area contributed by atoms with E-state index in [1.807, 2.05) is 0 Å². The summed E-state index contributed by atoms with van der Waals surface area (Å²) in [6.45, 7) is 3.36. The first-order chi connectivity index (χ1) is 8.01. The highest BCUT2D eigenvalue weighted by atomic mass is 16.6. The molecule has 3 atom stereocenters. The molecule has 6 heteroatoms. The number of amides is 1. The molecule has 0 aliphatic carbocycles. The molecular formula is C11H17NO5. The van der Waals surface area contributed by atoms with Gasteiger partial charge in [0.15, 0.2) is 5.78 Å². The number of carboxylic acid groups (broad SMARTS) is 1. The van der Waals surface area contributed by atoms with E-state index in [9.17, 15) is 9.59 Å². The van der Waals surface area contributed by atoms with Crippen LogP contribution in [0.3, 0.4) is 0 Å². The maximum Gasteiger partial charge on any atom is 0.405 e. The Morgan fingerprint density at radius 3 is 2.76 bits per heavy atom.